The number of fused-ring (bicyclic) bond motifs is 1. The molecule has 4 heterocycles. The fraction of sp³-hybridized carbons (Fsp3) is 0.222. The number of carbonyl (C=O) groups excluding carboxylic acids is 1. The number of rotatable bonds is 8. The Hall–Kier alpha value is -4.24. The van der Waals surface area contributed by atoms with E-state index >= 15 is 0 Å². The maximum Gasteiger partial charge on any atom is 0.246 e. The molecule has 1 atom stereocenters. The molecule has 1 unspecified atom stereocenters. The lowest BCUT2D eigenvalue weighted by molar-refractivity contribution is -0.125. The van der Waals surface area contributed by atoms with Crippen LogP contribution in [0.4, 0.5) is 17.3 Å². The van der Waals surface area contributed by atoms with Crippen LogP contribution < -0.4 is 15.0 Å². The van der Waals surface area contributed by atoms with Gasteiger partial charge in [-0.05, 0) is 55.0 Å². The Balaban J connectivity index is 1.33. The van der Waals surface area contributed by atoms with Crippen molar-refractivity contribution in [3.05, 3.63) is 84.4 Å². The molecule has 0 aliphatic carbocycles. The molecule has 1 amide bonds. The summed E-state index contributed by atoms with van der Waals surface area (Å²) in [5, 5.41) is 3.77. The van der Waals surface area contributed by atoms with Crippen molar-refractivity contribution in [2.24, 2.45) is 0 Å². The maximum absolute atomic E-state index is 12.0. The summed E-state index contributed by atoms with van der Waals surface area (Å²) in [7, 11) is 1.99. The van der Waals surface area contributed by atoms with E-state index in [2.05, 4.69) is 31.7 Å². The molecule has 3 aromatic heterocycles. The number of amides is 1. The monoisotopic (exact) mass is 515 g/mol. The number of nitrogens with one attached hydrogen (secondary N) is 1. The van der Waals surface area contributed by atoms with Gasteiger partial charge in [0, 0.05) is 38.1 Å². The van der Waals surface area contributed by atoms with Gasteiger partial charge in [0.25, 0.3) is 0 Å². The van der Waals surface area contributed by atoms with E-state index in [0.717, 1.165) is 23.6 Å². The third-order valence-electron chi connectivity index (χ3n) is 6.32. The molecule has 1 aliphatic rings. The van der Waals surface area contributed by atoms with Gasteiger partial charge in [0.15, 0.2) is 5.82 Å². The van der Waals surface area contributed by atoms with Crippen LogP contribution in [0.25, 0.3) is 11.0 Å². The van der Waals surface area contributed by atoms with Crippen molar-refractivity contribution in [1.29, 1.82) is 0 Å². The van der Waals surface area contributed by atoms with Crippen molar-refractivity contribution in [1.82, 2.24) is 24.8 Å². The molecule has 10 heteroatoms. The van der Waals surface area contributed by atoms with E-state index in [4.69, 9.17) is 21.3 Å². The van der Waals surface area contributed by atoms with Gasteiger partial charge in [-0.15, -0.1) is 0 Å². The number of hydrogen-bond donors (Lipinski definition) is 1. The Kier molecular flexibility index (Phi) is 7.14. The van der Waals surface area contributed by atoms with Crippen molar-refractivity contribution < 1.29 is 9.53 Å². The van der Waals surface area contributed by atoms with Crippen LogP contribution in [0.1, 0.15) is 12.1 Å². The summed E-state index contributed by atoms with van der Waals surface area (Å²) in [6.07, 6.45) is 5.44. The summed E-state index contributed by atoms with van der Waals surface area (Å²) < 4.78 is 5.82. The number of carbonyl (C=O) groups is 1. The predicted octanol–water partition coefficient (Wildman–Crippen LogP) is 4.62. The fourth-order valence-corrected chi connectivity index (χ4v) is 4.49. The van der Waals surface area contributed by atoms with Crippen molar-refractivity contribution in [3.63, 3.8) is 0 Å². The fourth-order valence-electron chi connectivity index (χ4n) is 4.26. The highest BCUT2D eigenvalue weighted by Crippen LogP contribution is 2.31. The number of benzene rings is 1. The number of nitrogens with zero attached hydrogens (tertiary/aromatic N) is 6. The highest BCUT2D eigenvalue weighted by molar-refractivity contribution is 6.32. The molecule has 4 aromatic rings. The Morgan fingerprint density at radius 2 is 2.14 bits per heavy atom. The number of likely N-dealkylation sites (N-methyl/N-ethyl adjacent to an activating group) is 1. The lowest BCUT2D eigenvalue weighted by atomic mass is 10.2. The van der Waals surface area contributed by atoms with Gasteiger partial charge in [0.1, 0.15) is 30.0 Å². The zero-order valence-electron chi connectivity index (χ0n) is 20.3. The number of aromatic nitrogens is 4. The summed E-state index contributed by atoms with van der Waals surface area (Å²) in [6.45, 7) is 5.24. The van der Waals surface area contributed by atoms with Crippen LogP contribution in [0.3, 0.4) is 0 Å². The number of ether oxygens (including phenoxy) is 1. The number of likely N-dealkylation sites (tertiary alicyclic amines) is 1. The van der Waals surface area contributed by atoms with Crippen LogP contribution in [0, 0.1) is 0 Å². The summed E-state index contributed by atoms with van der Waals surface area (Å²) in [5.74, 6) is 1.86. The first kappa shape index (κ1) is 24.5. The van der Waals surface area contributed by atoms with E-state index in [0.29, 0.717) is 47.3 Å². The molecule has 188 valence electrons. The molecular weight excluding hydrogens is 490 g/mol. The molecule has 0 bridgehead atoms. The highest BCUT2D eigenvalue weighted by atomic mass is 35.5. The van der Waals surface area contributed by atoms with Crippen LogP contribution in [-0.2, 0) is 11.4 Å². The highest BCUT2D eigenvalue weighted by Gasteiger charge is 2.28. The number of pyridine rings is 2. The second kappa shape index (κ2) is 10.8. The Morgan fingerprint density at radius 3 is 2.92 bits per heavy atom. The molecule has 0 spiro atoms. The minimum Gasteiger partial charge on any atom is -0.486 e. The molecule has 1 fully saturated rings. The van der Waals surface area contributed by atoms with Gasteiger partial charge in [0.2, 0.25) is 5.91 Å². The van der Waals surface area contributed by atoms with Gasteiger partial charge < -0.3 is 19.9 Å². The normalized spacial score (nSPS) is 15.0. The summed E-state index contributed by atoms with van der Waals surface area (Å²) in [4.78, 5) is 33.8. The van der Waals surface area contributed by atoms with E-state index < -0.39 is 0 Å². The Morgan fingerprint density at radius 1 is 1.24 bits per heavy atom. The zero-order valence-corrected chi connectivity index (χ0v) is 21.1. The van der Waals surface area contributed by atoms with Gasteiger partial charge in [-0.1, -0.05) is 24.2 Å². The quantitative estimate of drug-likeness (QED) is 0.340. The second-order valence-corrected chi connectivity index (χ2v) is 9.09. The van der Waals surface area contributed by atoms with Gasteiger partial charge in [0.05, 0.1) is 16.2 Å². The molecule has 5 rings (SSSR count). The smallest absolute Gasteiger partial charge is 0.246 e. The molecule has 0 radical (unpaired) electrons. The molecule has 1 saturated heterocycles. The standard InChI is InChI=1S/C27H26ClN7O2/c1-3-25(36)35-13-11-20(15-35)34(2)24-10-8-22-26(33-24)27(31-17-30-22)32-18-7-9-23(21(28)14-18)37-16-19-6-4-5-12-29-19/h3-10,12,14,17,20H,1,11,13,15-16H2,2H3,(H,30,31,32). The van der Waals surface area contributed by atoms with Crippen LogP contribution >= 0.6 is 11.6 Å². The minimum absolute atomic E-state index is 0.0472. The lowest BCUT2D eigenvalue weighted by Crippen LogP contribution is -2.36. The molecular formula is C27H26ClN7O2. The maximum atomic E-state index is 12.0. The van der Waals surface area contributed by atoms with Gasteiger partial charge in [-0.3, -0.25) is 9.78 Å². The molecule has 9 nitrogen and oxygen atoms in total. The van der Waals surface area contributed by atoms with Crippen molar-refractivity contribution in [2.45, 2.75) is 19.1 Å². The van der Waals surface area contributed by atoms with E-state index in [1.807, 2.05) is 43.4 Å². The van der Waals surface area contributed by atoms with Crippen molar-refractivity contribution >= 4 is 45.9 Å². The summed E-state index contributed by atoms with van der Waals surface area (Å²) in [5.41, 5.74) is 2.91. The first-order chi connectivity index (χ1) is 18.0. The molecule has 1 aliphatic heterocycles. The number of halogens is 1. The molecule has 1 N–H and O–H groups in total. The van der Waals surface area contributed by atoms with Crippen molar-refractivity contribution in [3.8, 4) is 5.75 Å². The average molecular weight is 516 g/mol. The van der Waals surface area contributed by atoms with Gasteiger partial charge >= 0.3 is 0 Å². The van der Waals surface area contributed by atoms with E-state index in [1.54, 1.807) is 23.2 Å². The topological polar surface area (TPSA) is 96.4 Å². The first-order valence-corrected chi connectivity index (χ1v) is 12.2. The van der Waals surface area contributed by atoms with E-state index in [9.17, 15) is 4.79 Å². The van der Waals surface area contributed by atoms with Gasteiger partial charge in [-0.25, -0.2) is 15.0 Å². The van der Waals surface area contributed by atoms with Crippen LogP contribution in [0.5, 0.6) is 5.75 Å². The van der Waals surface area contributed by atoms with Gasteiger partial charge in [-0.2, -0.15) is 0 Å². The summed E-state index contributed by atoms with van der Waals surface area (Å²) in [6, 6.07) is 15.1. The number of hydrogen-bond acceptors (Lipinski definition) is 8. The summed E-state index contributed by atoms with van der Waals surface area (Å²) >= 11 is 6.49. The Labute approximate surface area is 219 Å². The van der Waals surface area contributed by atoms with E-state index in [1.165, 1.54) is 12.4 Å². The predicted molar refractivity (Wildman–Crippen MR) is 144 cm³/mol. The third kappa shape index (κ3) is 5.46. The van der Waals surface area contributed by atoms with Crippen molar-refractivity contribution in [2.75, 3.05) is 30.4 Å². The second-order valence-electron chi connectivity index (χ2n) is 8.68. The van der Waals surface area contributed by atoms with Crippen LogP contribution in [0.15, 0.2) is 73.7 Å². The molecule has 1 aromatic carbocycles. The van der Waals surface area contributed by atoms with Crippen LogP contribution in [-0.4, -0.2) is 56.9 Å². The lowest BCUT2D eigenvalue weighted by Gasteiger charge is -2.26. The zero-order chi connectivity index (χ0) is 25.8. The third-order valence-corrected chi connectivity index (χ3v) is 6.62. The van der Waals surface area contributed by atoms with Crippen LogP contribution in [0.2, 0.25) is 5.02 Å². The Bertz CT molecular complexity index is 1430. The number of anilines is 3. The largest absolute Gasteiger partial charge is 0.486 e. The van der Waals surface area contributed by atoms with E-state index in [-0.39, 0.29) is 11.9 Å². The molecule has 0 saturated carbocycles. The average Bonchev–Trinajstić information content (AvgIpc) is 3.43. The first-order valence-electron chi connectivity index (χ1n) is 11.9. The minimum atomic E-state index is -0.0472. The SMILES string of the molecule is C=CC(=O)N1CCC(N(C)c2ccc3ncnc(Nc4ccc(OCc5ccccn5)c(Cl)c4)c3n2)C1. The molecule has 37 heavy (non-hydrogen) atoms.